The minimum Gasteiger partial charge on any atom is -0.480 e. The maximum atomic E-state index is 12.7. The molecule has 0 saturated carbocycles. The van der Waals surface area contributed by atoms with Crippen LogP contribution >= 0.6 is 0 Å². The highest BCUT2D eigenvalue weighted by Gasteiger charge is 2.27. The Hall–Kier alpha value is -2.34. The van der Waals surface area contributed by atoms with Gasteiger partial charge >= 0.3 is 5.63 Å². The van der Waals surface area contributed by atoms with Gasteiger partial charge in [0.1, 0.15) is 11.3 Å². The maximum absolute atomic E-state index is 12.7. The average molecular weight is 359 g/mol. The zero-order valence-corrected chi connectivity index (χ0v) is 15.4. The topological polar surface area (TPSA) is 80.0 Å². The van der Waals surface area contributed by atoms with Crippen LogP contribution in [0.2, 0.25) is 0 Å². The second-order valence-electron chi connectivity index (χ2n) is 6.90. The van der Waals surface area contributed by atoms with E-state index in [1.54, 1.807) is 17.9 Å². The number of carbonyl (C=O) groups excluding carboxylic acids is 1. The molecule has 1 saturated heterocycles. The van der Waals surface area contributed by atoms with E-state index in [2.05, 4.69) is 0 Å². The first-order chi connectivity index (χ1) is 12.4. The number of hydrogen-bond donors (Lipinski definition) is 1. The number of nitrogens with zero attached hydrogens (tertiary/aromatic N) is 1. The van der Waals surface area contributed by atoms with Gasteiger partial charge in [-0.1, -0.05) is 6.92 Å². The number of likely N-dealkylation sites (tertiary alicyclic amines) is 1. The quantitative estimate of drug-likeness (QED) is 0.848. The van der Waals surface area contributed by atoms with E-state index in [0.29, 0.717) is 43.7 Å². The number of ether oxygens (including phenoxy) is 1. The van der Waals surface area contributed by atoms with Gasteiger partial charge in [0.25, 0.3) is 5.91 Å². The van der Waals surface area contributed by atoms with Crippen LogP contribution in [0.1, 0.15) is 37.8 Å². The number of aryl methyl sites for hydroxylation is 2. The molecule has 2 aromatic rings. The van der Waals surface area contributed by atoms with Crippen molar-refractivity contribution in [2.24, 2.45) is 0 Å². The number of hydrogen-bond acceptors (Lipinski definition) is 5. The Morgan fingerprint density at radius 2 is 2.04 bits per heavy atom. The summed E-state index contributed by atoms with van der Waals surface area (Å²) in [7, 11) is 0. The van der Waals surface area contributed by atoms with E-state index >= 15 is 0 Å². The second-order valence-corrected chi connectivity index (χ2v) is 6.90. The molecule has 6 heteroatoms. The van der Waals surface area contributed by atoms with Crippen molar-refractivity contribution < 1.29 is 19.1 Å². The van der Waals surface area contributed by atoms with Crippen molar-refractivity contribution >= 4 is 16.9 Å². The van der Waals surface area contributed by atoms with Gasteiger partial charge in [-0.05, 0) is 56.4 Å². The van der Waals surface area contributed by atoms with Gasteiger partial charge in [0, 0.05) is 19.2 Å². The highest BCUT2D eigenvalue weighted by atomic mass is 16.5. The molecule has 3 rings (SSSR count). The third-order valence-corrected chi connectivity index (χ3v) is 4.84. The summed E-state index contributed by atoms with van der Waals surface area (Å²) >= 11 is 0. The molecule has 0 spiro atoms. The average Bonchev–Trinajstić information content (AvgIpc) is 2.60. The van der Waals surface area contributed by atoms with E-state index < -0.39 is 6.10 Å². The normalized spacial score (nSPS) is 16.7. The smallest absolute Gasteiger partial charge is 0.336 e. The van der Waals surface area contributed by atoms with Gasteiger partial charge in [-0.15, -0.1) is 0 Å². The lowest BCUT2D eigenvalue weighted by atomic mass is 10.0. The molecular weight excluding hydrogens is 334 g/mol. The summed E-state index contributed by atoms with van der Waals surface area (Å²) in [6.45, 7) is 6.66. The number of piperidine rings is 1. The zero-order valence-electron chi connectivity index (χ0n) is 15.4. The highest BCUT2D eigenvalue weighted by molar-refractivity contribution is 5.88. The van der Waals surface area contributed by atoms with Crippen molar-refractivity contribution in [2.45, 2.75) is 52.2 Å². The summed E-state index contributed by atoms with van der Waals surface area (Å²) in [5, 5.41) is 10.3. The monoisotopic (exact) mass is 359 g/mol. The van der Waals surface area contributed by atoms with Gasteiger partial charge in [0.15, 0.2) is 6.10 Å². The molecule has 0 radical (unpaired) electrons. The van der Waals surface area contributed by atoms with Crippen LogP contribution in [0.5, 0.6) is 5.75 Å². The molecule has 1 aliphatic rings. The van der Waals surface area contributed by atoms with Crippen molar-refractivity contribution in [2.75, 3.05) is 13.1 Å². The maximum Gasteiger partial charge on any atom is 0.336 e. The predicted molar refractivity (Wildman–Crippen MR) is 98.5 cm³/mol. The Kier molecular flexibility index (Phi) is 5.32. The van der Waals surface area contributed by atoms with E-state index in [1.165, 1.54) is 6.07 Å². The SMILES string of the molecule is CCc1cc(=O)oc2cc(C)cc(OC(C)C(=O)N3CCC(O)CC3)c12. The highest BCUT2D eigenvalue weighted by Crippen LogP contribution is 2.31. The first-order valence-corrected chi connectivity index (χ1v) is 9.10. The molecule has 1 fully saturated rings. The molecule has 1 aromatic carbocycles. The molecule has 6 nitrogen and oxygen atoms in total. The van der Waals surface area contributed by atoms with Crippen LogP contribution in [0, 0.1) is 6.92 Å². The third-order valence-electron chi connectivity index (χ3n) is 4.84. The lowest BCUT2D eigenvalue weighted by Crippen LogP contribution is -2.45. The lowest BCUT2D eigenvalue weighted by molar-refractivity contribution is -0.139. The van der Waals surface area contributed by atoms with Crippen molar-refractivity contribution in [3.63, 3.8) is 0 Å². The summed E-state index contributed by atoms with van der Waals surface area (Å²) in [6, 6.07) is 5.15. The van der Waals surface area contributed by atoms with Crippen molar-refractivity contribution in [1.29, 1.82) is 0 Å². The summed E-state index contributed by atoms with van der Waals surface area (Å²) in [4.78, 5) is 26.2. The first-order valence-electron chi connectivity index (χ1n) is 9.10. The number of amides is 1. The lowest BCUT2D eigenvalue weighted by Gasteiger charge is -2.31. The molecule has 1 amide bonds. The number of fused-ring (bicyclic) bond motifs is 1. The molecular formula is C20H25NO5. The summed E-state index contributed by atoms with van der Waals surface area (Å²) in [5.74, 6) is 0.459. The fourth-order valence-electron chi connectivity index (χ4n) is 3.43. The number of carbonyl (C=O) groups is 1. The minimum absolute atomic E-state index is 0.0954. The Labute approximate surface area is 152 Å². The van der Waals surface area contributed by atoms with Crippen LogP contribution in [0.3, 0.4) is 0 Å². The molecule has 1 aliphatic heterocycles. The van der Waals surface area contributed by atoms with E-state index in [9.17, 15) is 14.7 Å². The summed E-state index contributed by atoms with van der Waals surface area (Å²) in [5.41, 5.74) is 1.82. The van der Waals surface area contributed by atoms with E-state index in [-0.39, 0.29) is 17.6 Å². The van der Waals surface area contributed by atoms with Gasteiger partial charge in [0.2, 0.25) is 0 Å². The number of aliphatic hydroxyl groups is 1. The number of benzene rings is 1. The Morgan fingerprint density at radius 3 is 2.69 bits per heavy atom. The minimum atomic E-state index is -0.660. The zero-order chi connectivity index (χ0) is 18.8. The molecule has 0 bridgehead atoms. The van der Waals surface area contributed by atoms with Crippen molar-refractivity contribution in [3.8, 4) is 5.75 Å². The Bertz CT molecular complexity index is 864. The predicted octanol–water partition coefficient (Wildman–Crippen LogP) is 2.41. The van der Waals surface area contributed by atoms with Crippen LogP contribution in [0.25, 0.3) is 11.0 Å². The van der Waals surface area contributed by atoms with E-state index in [1.807, 2.05) is 19.9 Å². The van der Waals surface area contributed by atoms with Crippen LogP contribution in [0.15, 0.2) is 27.4 Å². The largest absolute Gasteiger partial charge is 0.480 e. The van der Waals surface area contributed by atoms with Crippen molar-refractivity contribution in [3.05, 3.63) is 39.7 Å². The standard InChI is InChI=1S/C20H25NO5/c1-4-14-11-18(23)26-17-10-12(2)9-16(19(14)17)25-13(3)20(24)21-7-5-15(22)6-8-21/h9-11,13,15,22H,4-8H2,1-3H3. The molecule has 1 N–H and O–H groups in total. The fraction of sp³-hybridized carbons (Fsp3) is 0.500. The molecule has 1 unspecified atom stereocenters. The van der Waals surface area contributed by atoms with Gasteiger partial charge in [-0.25, -0.2) is 4.79 Å². The Morgan fingerprint density at radius 1 is 1.35 bits per heavy atom. The molecule has 26 heavy (non-hydrogen) atoms. The van der Waals surface area contributed by atoms with Gasteiger partial charge in [-0.3, -0.25) is 4.79 Å². The summed E-state index contributed by atoms with van der Waals surface area (Å²) < 4.78 is 11.4. The molecule has 1 aromatic heterocycles. The molecule has 0 aliphatic carbocycles. The first kappa shape index (κ1) is 18.5. The summed E-state index contributed by atoms with van der Waals surface area (Å²) in [6.07, 6.45) is 0.861. The van der Waals surface area contributed by atoms with Crippen LogP contribution in [-0.4, -0.2) is 41.2 Å². The van der Waals surface area contributed by atoms with Crippen LogP contribution in [0.4, 0.5) is 0 Å². The fourth-order valence-corrected chi connectivity index (χ4v) is 3.43. The molecule has 140 valence electrons. The Balaban J connectivity index is 1.90. The van der Waals surface area contributed by atoms with Gasteiger partial charge in [0.05, 0.1) is 11.5 Å². The van der Waals surface area contributed by atoms with Gasteiger partial charge in [-0.2, -0.15) is 0 Å². The second kappa shape index (κ2) is 7.50. The van der Waals surface area contributed by atoms with E-state index in [0.717, 1.165) is 16.5 Å². The van der Waals surface area contributed by atoms with Crippen molar-refractivity contribution in [1.82, 2.24) is 4.90 Å². The van der Waals surface area contributed by atoms with Crippen LogP contribution < -0.4 is 10.4 Å². The third kappa shape index (κ3) is 3.75. The molecule has 2 heterocycles. The van der Waals surface area contributed by atoms with Gasteiger partial charge < -0.3 is 19.2 Å². The van der Waals surface area contributed by atoms with E-state index in [4.69, 9.17) is 9.15 Å². The number of rotatable bonds is 4. The molecule has 1 atom stereocenters. The number of aliphatic hydroxyl groups excluding tert-OH is 1. The van der Waals surface area contributed by atoms with Crippen LogP contribution in [-0.2, 0) is 11.2 Å².